The molecule has 0 aromatic heterocycles. The first-order chi connectivity index (χ1) is 8.47. The molecule has 1 unspecified atom stereocenters. The zero-order valence-corrected chi connectivity index (χ0v) is 9.26. The van der Waals surface area contributed by atoms with Gasteiger partial charge in [-0.3, -0.25) is 10.1 Å². The smallest absolute Gasteiger partial charge is 0.381 e. The molecule has 0 saturated carbocycles. The van der Waals surface area contributed by atoms with E-state index >= 15 is 0 Å². The van der Waals surface area contributed by atoms with Crippen LogP contribution in [0.25, 0.3) is 0 Å². The van der Waals surface area contributed by atoms with Gasteiger partial charge in [0.05, 0.1) is 11.5 Å². The first-order valence-electron chi connectivity index (χ1n) is 4.87. The van der Waals surface area contributed by atoms with Gasteiger partial charge in [-0.05, 0) is 13.0 Å². The monoisotopic (exact) mass is 261 g/mol. The van der Waals surface area contributed by atoms with Gasteiger partial charge in [0.2, 0.25) is 5.75 Å². The van der Waals surface area contributed by atoms with E-state index in [1.807, 2.05) is 0 Å². The van der Waals surface area contributed by atoms with E-state index in [9.17, 15) is 23.7 Å². The summed E-state index contributed by atoms with van der Waals surface area (Å²) in [6.07, 6.45) is -2.62. The molecule has 0 N–H and O–H groups in total. The maximum Gasteiger partial charge on any atom is 0.381 e. The first-order valence-corrected chi connectivity index (χ1v) is 4.87. The summed E-state index contributed by atoms with van der Waals surface area (Å²) in [4.78, 5) is 20.5. The summed E-state index contributed by atoms with van der Waals surface area (Å²) in [7, 11) is 0. The Morgan fingerprint density at radius 1 is 1.56 bits per heavy atom. The lowest BCUT2D eigenvalue weighted by molar-refractivity contribution is -0.386. The molecule has 18 heavy (non-hydrogen) atoms. The Kier molecular flexibility index (Phi) is 4.52. The number of benzene rings is 1. The summed E-state index contributed by atoms with van der Waals surface area (Å²) in [5.74, 6) is -3.46. The number of esters is 1. The van der Waals surface area contributed by atoms with Crippen molar-refractivity contribution in [2.24, 2.45) is 0 Å². The number of hydrogen-bond donors (Lipinski definition) is 0. The number of halogens is 2. The fraction of sp³-hybridized carbons (Fsp3) is 0.300. The van der Waals surface area contributed by atoms with Crippen molar-refractivity contribution in [3.05, 3.63) is 34.1 Å². The molecule has 1 rings (SSSR count). The molecule has 8 heteroatoms. The maximum atomic E-state index is 13.3. The molecule has 0 radical (unpaired) electrons. The molecule has 6 nitrogen and oxygen atoms in total. The summed E-state index contributed by atoms with van der Waals surface area (Å²) in [5.41, 5.74) is -0.776. The molecule has 0 heterocycles. The Bertz CT molecular complexity index is 466. The lowest BCUT2D eigenvalue weighted by atomic mass is 10.3. The average Bonchev–Trinajstić information content (AvgIpc) is 2.31. The molecule has 0 saturated heterocycles. The molecule has 0 aliphatic carbocycles. The van der Waals surface area contributed by atoms with Crippen LogP contribution in [0.15, 0.2) is 18.2 Å². The summed E-state index contributed by atoms with van der Waals surface area (Å²) < 4.78 is 35.1. The number of nitro benzene ring substituents is 1. The second-order valence-corrected chi connectivity index (χ2v) is 3.03. The number of alkyl halides is 1. The van der Waals surface area contributed by atoms with Crippen molar-refractivity contribution < 1.29 is 28.0 Å². The Morgan fingerprint density at radius 2 is 2.22 bits per heavy atom. The third kappa shape index (κ3) is 3.12. The van der Waals surface area contributed by atoms with E-state index < -0.39 is 34.5 Å². The second kappa shape index (κ2) is 5.89. The molecule has 0 aliphatic rings. The number of rotatable bonds is 5. The van der Waals surface area contributed by atoms with Crippen molar-refractivity contribution in [3.8, 4) is 5.75 Å². The molecule has 98 valence electrons. The number of hydrogen-bond acceptors (Lipinski definition) is 5. The highest BCUT2D eigenvalue weighted by molar-refractivity contribution is 5.73. The second-order valence-electron chi connectivity index (χ2n) is 3.03. The van der Waals surface area contributed by atoms with Gasteiger partial charge in [0.1, 0.15) is 0 Å². The van der Waals surface area contributed by atoms with Crippen molar-refractivity contribution >= 4 is 11.7 Å². The van der Waals surface area contributed by atoms with Crippen LogP contribution in [0.4, 0.5) is 14.5 Å². The Labute approximate surface area is 100 Å². The van der Waals surface area contributed by atoms with Gasteiger partial charge in [0.15, 0.2) is 5.82 Å². The van der Waals surface area contributed by atoms with Crippen molar-refractivity contribution in [2.45, 2.75) is 13.3 Å². The molecule has 1 atom stereocenters. The Balaban J connectivity index is 2.96. The quantitative estimate of drug-likeness (QED) is 0.460. The molecule has 0 aliphatic heterocycles. The topological polar surface area (TPSA) is 78.7 Å². The van der Waals surface area contributed by atoms with Gasteiger partial charge in [0.25, 0.3) is 0 Å². The SMILES string of the molecule is CCOC(=O)C(F)Oc1c(F)cccc1[N+](=O)[O-]. The fourth-order valence-corrected chi connectivity index (χ4v) is 1.12. The van der Waals surface area contributed by atoms with E-state index in [0.29, 0.717) is 0 Å². The molecule has 1 aromatic rings. The van der Waals surface area contributed by atoms with Gasteiger partial charge in [-0.15, -0.1) is 0 Å². The molecule has 1 aromatic carbocycles. The lowest BCUT2D eigenvalue weighted by Crippen LogP contribution is -2.25. The van der Waals surface area contributed by atoms with Crippen LogP contribution in [0.3, 0.4) is 0 Å². The minimum atomic E-state index is -2.62. The third-order valence-corrected chi connectivity index (χ3v) is 1.84. The standard InChI is InChI=1S/C10H9F2NO5/c1-2-17-10(14)9(12)18-8-6(11)4-3-5-7(8)13(15)16/h3-5,9H,2H2,1H3. The van der Waals surface area contributed by atoms with Gasteiger partial charge >= 0.3 is 18.0 Å². The molecular weight excluding hydrogens is 252 g/mol. The summed E-state index contributed by atoms with van der Waals surface area (Å²) in [6.45, 7) is 1.35. The highest BCUT2D eigenvalue weighted by Crippen LogP contribution is 2.30. The van der Waals surface area contributed by atoms with Crippen LogP contribution in [0.1, 0.15) is 6.92 Å². The third-order valence-electron chi connectivity index (χ3n) is 1.84. The Hall–Kier alpha value is -2.25. The van der Waals surface area contributed by atoms with E-state index in [1.165, 1.54) is 6.92 Å². The van der Waals surface area contributed by atoms with Crippen LogP contribution in [-0.2, 0) is 9.53 Å². The zero-order chi connectivity index (χ0) is 13.7. The summed E-state index contributed by atoms with van der Waals surface area (Å²) in [5, 5.41) is 10.6. The van der Waals surface area contributed by atoms with E-state index in [1.54, 1.807) is 0 Å². The van der Waals surface area contributed by atoms with Crippen LogP contribution < -0.4 is 4.74 Å². The van der Waals surface area contributed by atoms with Crippen molar-refractivity contribution in [1.29, 1.82) is 0 Å². The minimum Gasteiger partial charge on any atom is -0.461 e. The van der Waals surface area contributed by atoms with Gasteiger partial charge in [-0.1, -0.05) is 6.07 Å². The predicted octanol–water partition coefficient (Wildman–Crippen LogP) is 1.97. The molecule has 0 bridgehead atoms. The van der Waals surface area contributed by atoms with Crippen molar-refractivity contribution in [1.82, 2.24) is 0 Å². The largest absolute Gasteiger partial charge is 0.461 e. The molecular formula is C10H9F2NO5. The number of ether oxygens (including phenoxy) is 2. The predicted molar refractivity (Wildman–Crippen MR) is 55.2 cm³/mol. The van der Waals surface area contributed by atoms with Crippen LogP contribution in [0.5, 0.6) is 5.75 Å². The molecule has 0 amide bonds. The van der Waals surface area contributed by atoms with E-state index in [4.69, 9.17) is 0 Å². The number of nitrogens with zero attached hydrogens (tertiary/aromatic N) is 1. The molecule has 0 spiro atoms. The Morgan fingerprint density at radius 3 is 2.78 bits per heavy atom. The highest BCUT2D eigenvalue weighted by atomic mass is 19.1. The van der Waals surface area contributed by atoms with E-state index in [2.05, 4.69) is 9.47 Å². The molecule has 0 fully saturated rings. The summed E-state index contributed by atoms with van der Waals surface area (Å²) >= 11 is 0. The van der Waals surface area contributed by atoms with Crippen LogP contribution in [0.2, 0.25) is 0 Å². The highest BCUT2D eigenvalue weighted by Gasteiger charge is 2.27. The number of para-hydroxylation sites is 1. The van der Waals surface area contributed by atoms with Crippen LogP contribution in [-0.4, -0.2) is 23.9 Å². The average molecular weight is 261 g/mol. The fourth-order valence-electron chi connectivity index (χ4n) is 1.12. The van der Waals surface area contributed by atoms with E-state index in [-0.39, 0.29) is 6.61 Å². The number of carbonyl (C=O) groups excluding carboxylic acids is 1. The van der Waals surface area contributed by atoms with Crippen LogP contribution >= 0.6 is 0 Å². The number of nitro groups is 1. The first kappa shape index (κ1) is 13.8. The van der Waals surface area contributed by atoms with Gasteiger partial charge in [0, 0.05) is 6.07 Å². The normalized spacial score (nSPS) is 11.7. The van der Waals surface area contributed by atoms with Gasteiger partial charge in [-0.25, -0.2) is 9.18 Å². The minimum absolute atomic E-state index is 0.0953. The maximum absolute atomic E-state index is 13.3. The van der Waals surface area contributed by atoms with Gasteiger partial charge < -0.3 is 9.47 Å². The van der Waals surface area contributed by atoms with Crippen molar-refractivity contribution in [2.75, 3.05) is 6.61 Å². The summed E-state index contributed by atoms with van der Waals surface area (Å²) in [6, 6.07) is 2.84. The number of carbonyl (C=O) groups is 1. The van der Waals surface area contributed by atoms with Crippen molar-refractivity contribution in [3.63, 3.8) is 0 Å². The zero-order valence-electron chi connectivity index (χ0n) is 9.26. The lowest BCUT2D eigenvalue weighted by Gasteiger charge is -2.10. The van der Waals surface area contributed by atoms with Gasteiger partial charge in [-0.2, -0.15) is 4.39 Å². The van der Waals surface area contributed by atoms with Crippen LogP contribution in [0, 0.1) is 15.9 Å². The van der Waals surface area contributed by atoms with E-state index in [0.717, 1.165) is 18.2 Å².